The molecule has 6 N–H and O–H groups in total. The molecule has 10 heteroatoms. The third-order valence-corrected chi connectivity index (χ3v) is 6.79. The van der Waals surface area contributed by atoms with Gasteiger partial charge in [0.05, 0.1) is 12.6 Å². The monoisotopic (exact) mass is 526 g/mol. The van der Waals surface area contributed by atoms with Crippen LogP contribution in [0.1, 0.15) is 45.1 Å². The molecule has 4 amide bonds. The van der Waals surface area contributed by atoms with Gasteiger partial charge in [0.1, 0.15) is 12.1 Å². The number of carbonyl (C=O) groups is 4. The van der Waals surface area contributed by atoms with E-state index in [1.165, 1.54) is 0 Å². The number of hydrogen-bond acceptors (Lipinski definition) is 5. The fourth-order valence-corrected chi connectivity index (χ4v) is 4.91. The minimum atomic E-state index is -1.35. The first-order chi connectivity index (χ1) is 18.2. The molecule has 0 aromatic heterocycles. The van der Waals surface area contributed by atoms with Gasteiger partial charge in [-0.25, -0.2) is 4.79 Å². The van der Waals surface area contributed by atoms with Crippen LogP contribution in [0.2, 0.25) is 0 Å². The van der Waals surface area contributed by atoms with Crippen molar-refractivity contribution in [3.63, 3.8) is 0 Å². The molecule has 0 radical (unpaired) electrons. The van der Waals surface area contributed by atoms with Crippen molar-refractivity contribution in [3.8, 4) is 0 Å². The maximum absolute atomic E-state index is 13.3. The van der Waals surface area contributed by atoms with Gasteiger partial charge in [-0.2, -0.15) is 0 Å². The highest BCUT2D eigenvalue weighted by molar-refractivity contribution is 5.92. The summed E-state index contributed by atoms with van der Waals surface area (Å²) in [4.78, 5) is 50.2. The van der Waals surface area contributed by atoms with Crippen LogP contribution in [0.15, 0.2) is 42.5 Å². The lowest BCUT2D eigenvalue weighted by Gasteiger charge is -2.28. The standard InChI is InChI=1S/C28H38N4O6/c1-17(2)13-23(26(35)30-21(16-33)14-20-10-6-12-29-25(20)34)31-27(36)24(32-28(37)38)15-19-9-5-8-18-7-3-4-11-22(18)19/h3-5,7-9,11,17,20-21,23-24,32-33H,6,10,12-16H2,1-2H3,(H,29,34)(H,30,35)(H,31,36)(H,37,38). The molecule has 0 saturated carbocycles. The SMILES string of the molecule is CC(C)CC(NC(=O)C(Cc1cccc2ccccc12)NC(=O)O)C(=O)NC(CO)CC1CCCNC1=O. The second-order valence-corrected chi connectivity index (χ2v) is 10.3. The van der Waals surface area contributed by atoms with E-state index < -0.39 is 36.0 Å². The lowest BCUT2D eigenvalue weighted by atomic mass is 9.91. The molecule has 206 valence electrons. The first kappa shape index (κ1) is 28.9. The lowest BCUT2D eigenvalue weighted by Crippen LogP contribution is -2.56. The van der Waals surface area contributed by atoms with Crippen LogP contribution in [-0.2, 0) is 20.8 Å². The second-order valence-electron chi connectivity index (χ2n) is 10.3. The second kappa shape index (κ2) is 13.8. The zero-order chi connectivity index (χ0) is 27.7. The van der Waals surface area contributed by atoms with Crippen molar-refractivity contribution >= 4 is 34.6 Å². The summed E-state index contributed by atoms with van der Waals surface area (Å²) < 4.78 is 0. The predicted molar refractivity (Wildman–Crippen MR) is 143 cm³/mol. The average molecular weight is 527 g/mol. The molecule has 1 aliphatic rings. The molecule has 1 saturated heterocycles. The Morgan fingerprint density at radius 2 is 1.71 bits per heavy atom. The Morgan fingerprint density at radius 1 is 1.00 bits per heavy atom. The van der Waals surface area contributed by atoms with E-state index in [1.807, 2.05) is 56.3 Å². The molecule has 4 atom stereocenters. The minimum absolute atomic E-state index is 0.0479. The zero-order valence-corrected chi connectivity index (χ0v) is 21.9. The molecule has 4 unspecified atom stereocenters. The first-order valence-corrected chi connectivity index (χ1v) is 13.1. The van der Waals surface area contributed by atoms with E-state index in [-0.39, 0.29) is 30.8 Å². The van der Waals surface area contributed by atoms with Gasteiger partial charge < -0.3 is 31.5 Å². The van der Waals surface area contributed by atoms with Crippen LogP contribution in [0, 0.1) is 11.8 Å². The fraction of sp³-hybridized carbons (Fsp3) is 0.500. The van der Waals surface area contributed by atoms with E-state index in [0.717, 1.165) is 22.8 Å². The Morgan fingerprint density at radius 3 is 2.39 bits per heavy atom. The number of aliphatic hydroxyl groups excluding tert-OH is 1. The molecule has 1 aliphatic heterocycles. The largest absolute Gasteiger partial charge is 0.465 e. The smallest absolute Gasteiger partial charge is 0.405 e. The van der Waals surface area contributed by atoms with Gasteiger partial charge in [0.15, 0.2) is 0 Å². The highest BCUT2D eigenvalue weighted by Crippen LogP contribution is 2.21. The van der Waals surface area contributed by atoms with Crippen molar-refractivity contribution in [2.75, 3.05) is 13.2 Å². The van der Waals surface area contributed by atoms with Crippen LogP contribution in [0.5, 0.6) is 0 Å². The molecule has 0 bridgehead atoms. The molecular formula is C28H38N4O6. The van der Waals surface area contributed by atoms with Gasteiger partial charge in [0, 0.05) is 18.9 Å². The van der Waals surface area contributed by atoms with Crippen molar-refractivity contribution in [2.24, 2.45) is 11.8 Å². The normalized spacial score (nSPS) is 17.8. The number of fused-ring (bicyclic) bond motifs is 1. The maximum Gasteiger partial charge on any atom is 0.405 e. The van der Waals surface area contributed by atoms with Gasteiger partial charge in [-0.1, -0.05) is 56.3 Å². The fourth-order valence-electron chi connectivity index (χ4n) is 4.91. The zero-order valence-electron chi connectivity index (χ0n) is 21.9. The van der Waals surface area contributed by atoms with Crippen molar-refractivity contribution in [2.45, 2.75) is 64.1 Å². The third-order valence-electron chi connectivity index (χ3n) is 6.79. The molecule has 1 fully saturated rings. The van der Waals surface area contributed by atoms with Crippen LogP contribution >= 0.6 is 0 Å². The number of aliphatic hydroxyl groups is 1. The summed E-state index contributed by atoms with van der Waals surface area (Å²) in [6.07, 6.45) is 0.880. The summed E-state index contributed by atoms with van der Waals surface area (Å²) in [7, 11) is 0. The molecule has 38 heavy (non-hydrogen) atoms. The number of benzene rings is 2. The van der Waals surface area contributed by atoms with Gasteiger partial charge in [0.2, 0.25) is 17.7 Å². The van der Waals surface area contributed by atoms with Crippen LogP contribution in [0.3, 0.4) is 0 Å². The summed E-state index contributed by atoms with van der Waals surface area (Å²) in [5, 5.41) is 31.8. The Bertz CT molecular complexity index is 1130. The molecule has 3 rings (SSSR count). The topological polar surface area (TPSA) is 157 Å². The van der Waals surface area contributed by atoms with Crippen molar-refractivity contribution in [1.29, 1.82) is 0 Å². The van der Waals surface area contributed by atoms with Crippen LogP contribution in [-0.4, -0.2) is 65.3 Å². The molecular weight excluding hydrogens is 488 g/mol. The molecule has 2 aromatic rings. The Kier molecular flexibility index (Phi) is 10.5. The maximum atomic E-state index is 13.3. The number of hydrogen-bond donors (Lipinski definition) is 6. The predicted octanol–water partition coefficient (Wildman–Crippen LogP) is 1.94. The molecule has 2 aromatic carbocycles. The summed E-state index contributed by atoms with van der Waals surface area (Å²) >= 11 is 0. The molecule has 10 nitrogen and oxygen atoms in total. The summed E-state index contributed by atoms with van der Waals surface area (Å²) in [6, 6.07) is 10.6. The summed E-state index contributed by atoms with van der Waals surface area (Å²) in [5.74, 6) is -1.45. The highest BCUT2D eigenvalue weighted by atomic mass is 16.4. The van der Waals surface area contributed by atoms with Gasteiger partial charge in [-0.05, 0) is 47.9 Å². The van der Waals surface area contributed by atoms with Crippen molar-refractivity contribution in [1.82, 2.24) is 21.3 Å². The first-order valence-electron chi connectivity index (χ1n) is 13.1. The third kappa shape index (κ3) is 8.17. The number of rotatable bonds is 12. The average Bonchev–Trinajstić information content (AvgIpc) is 2.88. The van der Waals surface area contributed by atoms with E-state index in [4.69, 9.17) is 0 Å². The number of amides is 4. The molecule has 1 heterocycles. The Labute approximate surface area is 222 Å². The van der Waals surface area contributed by atoms with Gasteiger partial charge in [0.25, 0.3) is 0 Å². The quantitative estimate of drug-likeness (QED) is 0.248. The van der Waals surface area contributed by atoms with Crippen LogP contribution in [0.4, 0.5) is 4.79 Å². The van der Waals surface area contributed by atoms with Gasteiger partial charge in [-0.3, -0.25) is 14.4 Å². The van der Waals surface area contributed by atoms with E-state index in [1.54, 1.807) is 0 Å². The summed E-state index contributed by atoms with van der Waals surface area (Å²) in [5.41, 5.74) is 0.799. The number of piperidine rings is 1. The Hall–Kier alpha value is -3.66. The molecule has 0 spiro atoms. The number of carboxylic acid groups (broad SMARTS) is 1. The molecule has 0 aliphatic carbocycles. The van der Waals surface area contributed by atoms with E-state index in [0.29, 0.717) is 25.8 Å². The number of carbonyl (C=O) groups excluding carboxylic acids is 3. The lowest BCUT2D eigenvalue weighted by molar-refractivity contribution is -0.131. The van der Waals surface area contributed by atoms with E-state index in [9.17, 15) is 29.4 Å². The minimum Gasteiger partial charge on any atom is -0.465 e. The van der Waals surface area contributed by atoms with Crippen LogP contribution in [0.25, 0.3) is 10.8 Å². The summed E-state index contributed by atoms with van der Waals surface area (Å²) in [6.45, 7) is 4.09. The van der Waals surface area contributed by atoms with Gasteiger partial charge in [-0.15, -0.1) is 0 Å². The van der Waals surface area contributed by atoms with Crippen LogP contribution < -0.4 is 21.3 Å². The van der Waals surface area contributed by atoms with E-state index in [2.05, 4.69) is 21.3 Å². The van der Waals surface area contributed by atoms with Crippen molar-refractivity contribution in [3.05, 3.63) is 48.0 Å². The van der Waals surface area contributed by atoms with E-state index >= 15 is 0 Å². The highest BCUT2D eigenvalue weighted by Gasteiger charge is 2.31. The number of nitrogens with one attached hydrogen (secondary N) is 4. The Balaban J connectivity index is 1.73. The van der Waals surface area contributed by atoms with Crippen molar-refractivity contribution < 1.29 is 29.4 Å². The van der Waals surface area contributed by atoms with Gasteiger partial charge >= 0.3 is 6.09 Å².